The number of ketones is 1. The molecular formula is C10H9Br3O. The Morgan fingerprint density at radius 1 is 1.21 bits per heavy atom. The summed E-state index contributed by atoms with van der Waals surface area (Å²) in [6, 6.07) is 5.76. The third-order valence-corrected chi connectivity index (χ3v) is 2.96. The Kier molecular flexibility index (Phi) is 3.95. The zero-order valence-corrected chi connectivity index (χ0v) is 12.5. The zero-order valence-electron chi connectivity index (χ0n) is 7.77. The molecule has 0 radical (unpaired) electrons. The number of hydrogen-bond acceptors (Lipinski definition) is 1. The highest BCUT2D eigenvalue weighted by Gasteiger charge is 2.30. The topological polar surface area (TPSA) is 17.1 Å². The Morgan fingerprint density at radius 3 is 2.21 bits per heavy atom. The van der Waals surface area contributed by atoms with Crippen LogP contribution in [0.3, 0.4) is 0 Å². The summed E-state index contributed by atoms with van der Waals surface area (Å²) in [5, 5.41) is 0. The maximum Gasteiger partial charge on any atom is 0.201 e. The average Bonchev–Trinajstić information content (AvgIpc) is 2.01. The lowest BCUT2D eigenvalue weighted by atomic mass is 10.0. The second-order valence-corrected chi connectivity index (χ2v) is 9.91. The van der Waals surface area contributed by atoms with Crippen molar-refractivity contribution >= 4 is 53.6 Å². The number of alkyl halides is 3. The fraction of sp³-hybridized carbons (Fsp3) is 0.300. The van der Waals surface area contributed by atoms with Crippen molar-refractivity contribution in [3.8, 4) is 0 Å². The minimum atomic E-state index is -0.854. The second kappa shape index (κ2) is 4.45. The first-order chi connectivity index (χ1) is 6.32. The van der Waals surface area contributed by atoms with E-state index < -0.39 is 2.14 Å². The number of aryl methyl sites for hydroxylation is 2. The van der Waals surface area contributed by atoms with E-state index in [2.05, 4.69) is 47.8 Å². The molecule has 0 aliphatic rings. The fourth-order valence-electron chi connectivity index (χ4n) is 1.22. The van der Waals surface area contributed by atoms with Crippen LogP contribution in [0, 0.1) is 13.8 Å². The first-order valence-corrected chi connectivity index (χ1v) is 6.39. The molecule has 0 aliphatic carbocycles. The molecule has 0 heterocycles. The molecular weight excluding hydrogens is 376 g/mol. The lowest BCUT2D eigenvalue weighted by Crippen LogP contribution is -2.18. The summed E-state index contributed by atoms with van der Waals surface area (Å²) in [6.07, 6.45) is 0. The molecule has 0 atom stereocenters. The van der Waals surface area contributed by atoms with Crippen molar-refractivity contribution < 1.29 is 4.79 Å². The van der Waals surface area contributed by atoms with Crippen molar-refractivity contribution in [3.63, 3.8) is 0 Å². The van der Waals surface area contributed by atoms with Crippen LogP contribution in [0.5, 0.6) is 0 Å². The molecule has 0 aromatic heterocycles. The van der Waals surface area contributed by atoms with Gasteiger partial charge in [-0.05, 0) is 19.4 Å². The molecule has 1 aromatic carbocycles. The predicted octanol–water partition coefficient (Wildman–Crippen LogP) is 4.32. The maximum atomic E-state index is 11.9. The van der Waals surface area contributed by atoms with Gasteiger partial charge in [0.1, 0.15) is 0 Å². The first-order valence-electron chi connectivity index (χ1n) is 4.01. The van der Waals surface area contributed by atoms with Gasteiger partial charge in [0.15, 0.2) is 2.14 Å². The van der Waals surface area contributed by atoms with E-state index in [4.69, 9.17) is 0 Å². The SMILES string of the molecule is Cc1ccc(C(=O)C(Br)(Br)Br)c(C)c1. The van der Waals surface area contributed by atoms with Gasteiger partial charge in [-0.2, -0.15) is 0 Å². The van der Waals surface area contributed by atoms with Crippen molar-refractivity contribution in [1.82, 2.24) is 0 Å². The first kappa shape index (κ1) is 12.4. The highest BCUT2D eigenvalue weighted by atomic mass is 80.0. The number of rotatable bonds is 1. The molecule has 0 bridgehead atoms. The Hall–Kier alpha value is 0.330. The van der Waals surface area contributed by atoms with Crippen LogP contribution in [0.25, 0.3) is 0 Å². The van der Waals surface area contributed by atoms with E-state index >= 15 is 0 Å². The van der Waals surface area contributed by atoms with Gasteiger partial charge in [-0.25, -0.2) is 0 Å². The van der Waals surface area contributed by atoms with E-state index in [1.807, 2.05) is 32.0 Å². The molecule has 76 valence electrons. The van der Waals surface area contributed by atoms with E-state index in [0.29, 0.717) is 5.56 Å². The van der Waals surface area contributed by atoms with E-state index in [1.165, 1.54) is 0 Å². The van der Waals surface area contributed by atoms with Crippen LogP contribution in [0.2, 0.25) is 0 Å². The number of halogens is 3. The number of benzene rings is 1. The van der Waals surface area contributed by atoms with Crippen LogP contribution in [-0.4, -0.2) is 7.93 Å². The maximum absolute atomic E-state index is 11.9. The van der Waals surface area contributed by atoms with E-state index in [0.717, 1.165) is 11.1 Å². The van der Waals surface area contributed by atoms with Gasteiger partial charge in [0.2, 0.25) is 5.78 Å². The van der Waals surface area contributed by atoms with Crippen LogP contribution in [0.1, 0.15) is 21.5 Å². The zero-order chi connectivity index (χ0) is 10.9. The van der Waals surface area contributed by atoms with Gasteiger partial charge in [-0.1, -0.05) is 71.6 Å². The molecule has 1 nitrogen and oxygen atoms in total. The fourth-order valence-corrected chi connectivity index (χ4v) is 1.86. The Balaban J connectivity index is 3.15. The molecule has 4 heteroatoms. The van der Waals surface area contributed by atoms with Gasteiger partial charge < -0.3 is 0 Å². The van der Waals surface area contributed by atoms with E-state index in [1.54, 1.807) is 0 Å². The van der Waals surface area contributed by atoms with Crippen LogP contribution in [0.15, 0.2) is 18.2 Å². The minimum Gasteiger partial charge on any atom is -0.291 e. The number of carbonyl (C=O) groups excluding carboxylic acids is 1. The summed E-state index contributed by atoms with van der Waals surface area (Å²) in [5.74, 6) is -0.0324. The molecule has 0 unspecified atom stereocenters. The molecule has 14 heavy (non-hydrogen) atoms. The van der Waals surface area contributed by atoms with Crippen molar-refractivity contribution in [2.75, 3.05) is 0 Å². The molecule has 0 amide bonds. The highest BCUT2D eigenvalue weighted by Crippen LogP contribution is 2.37. The van der Waals surface area contributed by atoms with Crippen LogP contribution >= 0.6 is 47.8 Å². The molecule has 0 saturated heterocycles. The smallest absolute Gasteiger partial charge is 0.201 e. The third kappa shape index (κ3) is 2.91. The summed E-state index contributed by atoms with van der Waals surface area (Å²) in [5.41, 5.74) is 2.85. The summed E-state index contributed by atoms with van der Waals surface area (Å²) < 4.78 is -0.854. The molecule has 0 saturated carbocycles. The monoisotopic (exact) mass is 382 g/mol. The highest BCUT2D eigenvalue weighted by molar-refractivity contribution is 9.40. The van der Waals surface area contributed by atoms with Gasteiger partial charge in [-0.15, -0.1) is 0 Å². The molecule has 1 aromatic rings. The quantitative estimate of drug-likeness (QED) is 0.520. The van der Waals surface area contributed by atoms with Gasteiger partial charge in [0.25, 0.3) is 0 Å². The normalized spacial score (nSPS) is 11.5. The Morgan fingerprint density at radius 2 is 1.79 bits per heavy atom. The van der Waals surface area contributed by atoms with E-state index in [-0.39, 0.29) is 5.78 Å². The Labute approximate surface area is 109 Å². The third-order valence-electron chi connectivity index (χ3n) is 1.88. The van der Waals surface area contributed by atoms with Gasteiger partial charge in [0, 0.05) is 5.56 Å². The Bertz CT molecular complexity index is 366. The van der Waals surface area contributed by atoms with Crippen LogP contribution in [0.4, 0.5) is 0 Å². The largest absolute Gasteiger partial charge is 0.291 e. The summed E-state index contributed by atoms with van der Waals surface area (Å²) in [4.78, 5) is 11.9. The van der Waals surface area contributed by atoms with Crippen molar-refractivity contribution in [2.45, 2.75) is 16.0 Å². The summed E-state index contributed by atoms with van der Waals surface area (Å²) in [6.45, 7) is 3.93. The van der Waals surface area contributed by atoms with Crippen molar-refractivity contribution in [3.05, 3.63) is 34.9 Å². The van der Waals surface area contributed by atoms with E-state index in [9.17, 15) is 4.79 Å². The van der Waals surface area contributed by atoms with Gasteiger partial charge in [-0.3, -0.25) is 4.79 Å². The van der Waals surface area contributed by atoms with Gasteiger partial charge >= 0.3 is 0 Å². The lowest BCUT2D eigenvalue weighted by Gasteiger charge is -2.12. The average molecular weight is 385 g/mol. The lowest BCUT2D eigenvalue weighted by molar-refractivity contribution is 0.101. The van der Waals surface area contributed by atoms with Crippen LogP contribution in [-0.2, 0) is 0 Å². The van der Waals surface area contributed by atoms with Crippen LogP contribution < -0.4 is 0 Å². The number of Topliss-reactive ketones (excluding diaryl/α,β-unsaturated/α-hetero) is 1. The summed E-state index contributed by atoms with van der Waals surface area (Å²) in [7, 11) is 0. The standard InChI is InChI=1S/C10H9Br3O/c1-6-3-4-8(7(2)5-6)9(14)10(11,12)13/h3-5H,1-2H3. The molecule has 0 spiro atoms. The van der Waals surface area contributed by atoms with Crippen molar-refractivity contribution in [1.29, 1.82) is 0 Å². The molecule has 0 fully saturated rings. The van der Waals surface area contributed by atoms with Gasteiger partial charge in [0.05, 0.1) is 0 Å². The number of hydrogen-bond donors (Lipinski definition) is 0. The molecule has 1 rings (SSSR count). The number of carbonyl (C=O) groups is 1. The second-order valence-electron chi connectivity index (χ2n) is 3.15. The minimum absolute atomic E-state index is 0.0324. The molecule has 0 aliphatic heterocycles. The summed E-state index contributed by atoms with van der Waals surface area (Å²) >= 11 is 9.65. The van der Waals surface area contributed by atoms with Crippen molar-refractivity contribution in [2.24, 2.45) is 0 Å². The molecule has 0 N–H and O–H groups in total. The predicted molar refractivity (Wildman–Crippen MR) is 69.8 cm³/mol.